The minimum Gasteiger partial charge on any atom is -0.457 e. The van der Waals surface area contributed by atoms with E-state index in [1.54, 1.807) is 0 Å². The molecule has 0 heterocycles. The fourth-order valence-corrected chi connectivity index (χ4v) is 3.10. The third-order valence-electron chi connectivity index (χ3n) is 4.31. The summed E-state index contributed by atoms with van der Waals surface area (Å²) in [6, 6.07) is 16.6. The number of hydroxylamine groups is 2. The number of benzene rings is 2. The van der Waals surface area contributed by atoms with E-state index < -0.39 is 6.03 Å². The van der Waals surface area contributed by atoms with Gasteiger partial charge in [0.1, 0.15) is 11.5 Å². The second-order valence-corrected chi connectivity index (χ2v) is 5.83. The Morgan fingerprint density at radius 1 is 1.04 bits per heavy atom. The molecule has 23 heavy (non-hydrogen) atoms. The molecule has 0 bridgehead atoms. The van der Waals surface area contributed by atoms with Gasteiger partial charge < -0.3 is 10.5 Å². The van der Waals surface area contributed by atoms with E-state index in [1.807, 2.05) is 54.6 Å². The molecule has 0 radical (unpaired) electrons. The monoisotopic (exact) mass is 312 g/mol. The van der Waals surface area contributed by atoms with E-state index in [-0.39, 0.29) is 6.04 Å². The molecule has 0 spiro atoms. The van der Waals surface area contributed by atoms with Gasteiger partial charge in [0.2, 0.25) is 0 Å². The first-order valence-corrected chi connectivity index (χ1v) is 7.74. The normalized spacial score (nSPS) is 20.2. The number of para-hydroxylation sites is 1. The minimum atomic E-state index is -0.790. The first-order chi connectivity index (χ1) is 11.1. The molecule has 1 aliphatic rings. The third kappa shape index (κ3) is 3.63. The Balaban J connectivity index is 1.63. The van der Waals surface area contributed by atoms with Crippen LogP contribution < -0.4 is 10.5 Å². The molecule has 2 atom stereocenters. The van der Waals surface area contributed by atoms with Gasteiger partial charge in [-0.05, 0) is 55.0 Å². The largest absolute Gasteiger partial charge is 0.457 e. The van der Waals surface area contributed by atoms with Crippen molar-refractivity contribution < 1.29 is 14.7 Å². The molecule has 2 amide bonds. The minimum absolute atomic E-state index is 0.197. The molecule has 1 aliphatic carbocycles. The number of amides is 2. The Hall–Kier alpha value is -2.53. The molecule has 1 saturated carbocycles. The van der Waals surface area contributed by atoms with Gasteiger partial charge in [-0.25, -0.2) is 9.86 Å². The number of urea groups is 1. The van der Waals surface area contributed by atoms with Crippen LogP contribution in [0.4, 0.5) is 4.79 Å². The van der Waals surface area contributed by atoms with Gasteiger partial charge in [-0.1, -0.05) is 30.3 Å². The number of rotatable bonds is 4. The van der Waals surface area contributed by atoms with Crippen LogP contribution in [0.2, 0.25) is 0 Å². The van der Waals surface area contributed by atoms with E-state index in [0.29, 0.717) is 11.0 Å². The molecule has 120 valence electrons. The highest BCUT2D eigenvalue weighted by Gasteiger charge is 2.31. The van der Waals surface area contributed by atoms with E-state index in [2.05, 4.69) is 0 Å². The van der Waals surface area contributed by atoms with Crippen LogP contribution in [0, 0.1) is 0 Å². The molecular weight excluding hydrogens is 292 g/mol. The first kappa shape index (κ1) is 15.4. The Labute approximate surface area is 135 Å². The molecule has 3 N–H and O–H groups in total. The lowest BCUT2D eigenvalue weighted by Crippen LogP contribution is -2.39. The summed E-state index contributed by atoms with van der Waals surface area (Å²) in [5, 5.41) is 10.3. The van der Waals surface area contributed by atoms with Crippen molar-refractivity contribution >= 4 is 6.03 Å². The fourth-order valence-electron chi connectivity index (χ4n) is 3.10. The first-order valence-electron chi connectivity index (χ1n) is 7.74. The SMILES string of the molecule is NC(=O)N(O)[C@@H]1CC[C@@H](c2ccc(Oc3ccccc3)cc2)C1. The zero-order valence-electron chi connectivity index (χ0n) is 12.8. The number of ether oxygens (including phenoxy) is 1. The second-order valence-electron chi connectivity index (χ2n) is 5.83. The van der Waals surface area contributed by atoms with Crippen molar-refractivity contribution in [3.05, 3.63) is 60.2 Å². The fraction of sp³-hybridized carbons (Fsp3) is 0.278. The average molecular weight is 312 g/mol. The van der Waals surface area contributed by atoms with Crippen LogP contribution in [-0.4, -0.2) is 22.3 Å². The second kappa shape index (κ2) is 6.71. The van der Waals surface area contributed by atoms with Crippen LogP contribution in [0.5, 0.6) is 11.5 Å². The maximum Gasteiger partial charge on any atom is 0.338 e. The van der Waals surface area contributed by atoms with Crippen molar-refractivity contribution in [2.75, 3.05) is 0 Å². The Morgan fingerprint density at radius 2 is 1.70 bits per heavy atom. The quantitative estimate of drug-likeness (QED) is 0.664. The van der Waals surface area contributed by atoms with Crippen LogP contribution in [-0.2, 0) is 0 Å². The summed E-state index contributed by atoms with van der Waals surface area (Å²) < 4.78 is 5.78. The van der Waals surface area contributed by atoms with Gasteiger partial charge >= 0.3 is 6.03 Å². The standard InChI is InChI=1S/C18H20N2O3/c19-18(21)20(22)15-9-6-14(12-15)13-7-10-17(11-8-13)23-16-4-2-1-3-5-16/h1-5,7-8,10-11,14-15,22H,6,9,12H2,(H2,19,21)/t14-,15-/m1/s1. The average Bonchev–Trinajstić information content (AvgIpc) is 3.05. The van der Waals surface area contributed by atoms with Gasteiger partial charge in [-0.3, -0.25) is 5.21 Å². The molecule has 5 heteroatoms. The van der Waals surface area contributed by atoms with Gasteiger partial charge in [0.15, 0.2) is 0 Å². The van der Waals surface area contributed by atoms with Crippen LogP contribution in [0.25, 0.3) is 0 Å². The summed E-state index contributed by atoms with van der Waals surface area (Å²) in [6.07, 6.45) is 2.40. The zero-order chi connectivity index (χ0) is 16.2. The Kier molecular flexibility index (Phi) is 4.48. The van der Waals surface area contributed by atoms with Crippen LogP contribution in [0.3, 0.4) is 0 Å². The lowest BCUT2D eigenvalue weighted by atomic mass is 9.97. The molecule has 2 aromatic carbocycles. The van der Waals surface area contributed by atoms with E-state index >= 15 is 0 Å². The summed E-state index contributed by atoms with van der Waals surface area (Å²) in [6.45, 7) is 0. The number of nitrogens with two attached hydrogens (primary N) is 1. The van der Waals surface area contributed by atoms with E-state index in [4.69, 9.17) is 10.5 Å². The number of hydrogen-bond donors (Lipinski definition) is 2. The van der Waals surface area contributed by atoms with Gasteiger partial charge in [0, 0.05) is 0 Å². The predicted octanol–water partition coefficient (Wildman–Crippen LogP) is 3.88. The summed E-state index contributed by atoms with van der Waals surface area (Å²) >= 11 is 0. The number of carbonyl (C=O) groups is 1. The maximum atomic E-state index is 11.0. The van der Waals surface area contributed by atoms with Crippen LogP contribution >= 0.6 is 0 Å². The number of hydrogen-bond acceptors (Lipinski definition) is 3. The van der Waals surface area contributed by atoms with Crippen molar-refractivity contribution in [1.82, 2.24) is 5.06 Å². The Morgan fingerprint density at radius 3 is 2.35 bits per heavy atom. The molecule has 3 rings (SSSR count). The smallest absolute Gasteiger partial charge is 0.338 e. The molecule has 0 saturated heterocycles. The number of carbonyl (C=O) groups excluding carboxylic acids is 1. The highest BCUT2D eigenvalue weighted by atomic mass is 16.5. The molecule has 5 nitrogen and oxygen atoms in total. The number of primary amides is 1. The van der Waals surface area contributed by atoms with E-state index in [9.17, 15) is 10.0 Å². The van der Waals surface area contributed by atoms with Crippen molar-refractivity contribution in [3.63, 3.8) is 0 Å². The summed E-state index contributed by atoms with van der Waals surface area (Å²) in [5.74, 6) is 1.91. The van der Waals surface area contributed by atoms with Gasteiger partial charge in [0.05, 0.1) is 6.04 Å². The molecule has 2 aromatic rings. The summed E-state index contributed by atoms with van der Waals surface area (Å²) in [7, 11) is 0. The van der Waals surface area contributed by atoms with Gasteiger partial charge in [-0.15, -0.1) is 0 Å². The molecular formula is C18H20N2O3. The van der Waals surface area contributed by atoms with Crippen molar-refractivity contribution in [3.8, 4) is 11.5 Å². The summed E-state index contributed by atoms with van der Waals surface area (Å²) in [5.41, 5.74) is 6.30. The van der Waals surface area contributed by atoms with E-state index in [0.717, 1.165) is 30.8 Å². The third-order valence-corrected chi connectivity index (χ3v) is 4.31. The Bertz CT molecular complexity index is 658. The highest BCUT2D eigenvalue weighted by Crippen LogP contribution is 2.37. The predicted molar refractivity (Wildman–Crippen MR) is 86.5 cm³/mol. The maximum absolute atomic E-state index is 11.0. The van der Waals surface area contributed by atoms with Crippen LogP contribution in [0.1, 0.15) is 30.7 Å². The molecule has 0 aromatic heterocycles. The molecule has 0 aliphatic heterocycles. The summed E-state index contributed by atoms with van der Waals surface area (Å²) in [4.78, 5) is 11.0. The molecule has 0 unspecified atom stereocenters. The topological polar surface area (TPSA) is 75.8 Å². The lowest BCUT2D eigenvalue weighted by molar-refractivity contribution is -0.0730. The van der Waals surface area contributed by atoms with Gasteiger partial charge in [0.25, 0.3) is 0 Å². The van der Waals surface area contributed by atoms with Crippen molar-refractivity contribution in [1.29, 1.82) is 0 Å². The van der Waals surface area contributed by atoms with Crippen LogP contribution in [0.15, 0.2) is 54.6 Å². The number of nitrogens with zero attached hydrogens (tertiary/aromatic N) is 1. The van der Waals surface area contributed by atoms with Crippen molar-refractivity contribution in [2.24, 2.45) is 5.73 Å². The highest BCUT2D eigenvalue weighted by molar-refractivity contribution is 5.71. The molecule has 1 fully saturated rings. The lowest BCUT2D eigenvalue weighted by Gasteiger charge is -2.20. The van der Waals surface area contributed by atoms with Crippen molar-refractivity contribution in [2.45, 2.75) is 31.2 Å². The van der Waals surface area contributed by atoms with Gasteiger partial charge in [-0.2, -0.15) is 0 Å². The zero-order valence-corrected chi connectivity index (χ0v) is 12.8. The van der Waals surface area contributed by atoms with E-state index in [1.165, 1.54) is 5.56 Å².